The molecule has 0 amide bonds. The molecule has 32 heavy (non-hydrogen) atoms. The molecule has 1 aliphatic heterocycles. The van der Waals surface area contributed by atoms with Gasteiger partial charge in [0, 0.05) is 16.5 Å². The standard InChI is InChI=1S/C28H28O3Si/c1-28(2,21-29)19-18-25-26(20-31-27(25)30)32(22-12-6-3-7-13-22,23-14-8-4-9-15-23)24-16-10-5-11-17-24/h3-18,21,26H,19-20H2,1-2H3/b25-18+/t26-/m0/s1. The molecular weight excluding hydrogens is 412 g/mol. The van der Waals surface area contributed by atoms with Crippen LogP contribution in [0.5, 0.6) is 0 Å². The fourth-order valence-corrected chi connectivity index (χ4v) is 10.1. The van der Waals surface area contributed by atoms with E-state index in [0.29, 0.717) is 18.6 Å². The predicted octanol–water partition coefficient (Wildman–Crippen LogP) is 3.63. The molecule has 3 aromatic rings. The van der Waals surface area contributed by atoms with Crippen molar-refractivity contribution in [1.29, 1.82) is 0 Å². The Kier molecular flexibility index (Phi) is 6.24. The second-order valence-corrected chi connectivity index (χ2v) is 13.1. The Bertz CT molecular complexity index is 1010. The molecule has 0 aromatic heterocycles. The number of benzene rings is 3. The van der Waals surface area contributed by atoms with Crippen molar-refractivity contribution in [2.24, 2.45) is 5.41 Å². The molecule has 0 bridgehead atoms. The van der Waals surface area contributed by atoms with E-state index in [1.807, 2.05) is 38.1 Å². The van der Waals surface area contributed by atoms with Crippen molar-refractivity contribution in [3.63, 3.8) is 0 Å². The number of rotatable bonds is 7. The first kappa shape index (κ1) is 22.0. The molecule has 4 rings (SSSR count). The molecule has 0 N–H and O–H groups in total. The number of allylic oxidation sites excluding steroid dienone is 1. The Hall–Kier alpha value is -3.24. The van der Waals surface area contributed by atoms with Crippen LogP contribution in [0.1, 0.15) is 20.3 Å². The third kappa shape index (κ3) is 3.98. The van der Waals surface area contributed by atoms with Gasteiger partial charge in [0.25, 0.3) is 0 Å². The van der Waals surface area contributed by atoms with Crippen molar-refractivity contribution < 1.29 is 14.3 Å². The van der Waals surface area contributed by atoms with Crippen molar-refractivity contribution in [2.75, 3.05) is 6.61 Å². The molecular formula is C28H28O3Si. The maximum atomic E-state index is 13.0. The lowest BCUT2D eigenvalue weighted by atomic mass is 9.90. The average molecular weight is 441 g/mol. The third-order valence-corrected chi connectivity index (χ3v) is 11.6. The normalized spacial score (nSPS) is 17.9. The highest BCUT2D eigenvalue weighted by atomic mass is 28.3. The van der Waals surface area contributed by atoms with Crippen LogP contribution in [0.15, 0.2) is 103 Å². The number of hydrogen-bond donors (Lipinski definition) is 0. The predicted molar refractivity (Wildman–Crippen MR) is 131 cm³/mol. The molecule has 0 saturated carbocycles. The lowest BCUT2D eigenvalue weighted by molar-refractivity contribution is -0.135. The van der Waals surface area contributed by atoms with Gasteiger partial charge in [-0.15, -0.1) is 0 Å². The number of cyclic esters (lactones) is 1. The van der Waals surface area contributed by atoms with Gasteiger partial charge in [-0.25, -0.2) is 4.79 Å². The van der Waals surface area contributed by atoms with Crippen LogP contribution in [-0.4, -0.2) is 26.9 Å². The van der Waals surface area contributed by atoms with E-state index < -0.39 is 13.5 Å². The summed E-state index contributed by atoms with van der Waals surface area (Å²) in [4.78, 5) is 24.5. The molecule has 3 nitrogen and oxygen atoms in total. The van der Waals surface area contributed by atoms with Gasteiger partial charge in [-0.3, -0.25) is 0 Å². The number of carbonyl (C=O) groups excluding carboxylic acids is 2. The summed E-state index contributed by atoms with van der Waals surface area (Å²) in [6.45, 7) is 4.13. The van der Waals surface area contributed by atoms with E-state index in [1.54, 1.807) is 0 Å². The van der Waals surface area contributed by atoms with E-state index in [0.717, 1.165) is 6.29 Å². The Morgan fingerprint density at radius 2 is 1.28 bits per heavy atom. The van der Waals surface area contributed by atoms with Crippen LogP contribution in [0, 0.1) is 5.41 Å². The molecule has 1 atom stereocenters. The monoisotopic (exact) mass is 440 g/mol. The first-order chi connectivity index (χ1) is 15.5. The van der Waals surface area contributed by atoms with Crippen molar-refractivity contribution >= 4 is 35.9 Å². The summed E-state index contributed by atoms with van der Waals surface area (Å²) in [5.74, 6) is -0.267. The van der Waals surface area contributed by atoms with Crippen LogP contribution in [0.3, 0.4) is 0 Å². The van der Waals surface area contributed by atoms with Crippen LogP contribution in [0.2, 0.25) is 5.54 Å². The summed E-state index contributed by atoms with van der Waals surface area (Å²) in [5, 5.41) is 3.71. The first-order valence-corrected chi connectivity index (χ1v) is 13.1. The fraction of sp³-hybridized carbons (Fsp3) is 0.214. The number of aldehydes is 1. The molecule has 1 aliphatic rings. The van der Waals surface area contributed by atoms with E-state index in [4.69, 9.17) is 4.74 Å². The molecule has 4 heteroatoms. The van der Waals surface area contributed by atoms with Gasteiger partial charge < -0.3 is 9.53 Å². The van der Waals surface area contributed by atoms with Gasteiger partial charge in [0.1, 0.15) is 6.29 Å². The van der Waals surface area contributed by atoms with Crippen molar-refractivity contribution in [3.05, 3.63) is 103 Å². The van der Waals surface area contributed by atoms with E-state index >= 15 is 0 Å². The molecule has 1 saturated heterocycles. The van der Waals surface area contributed by atoms with Gasteiger partial charge in [-0.05, 0) is 22.0 Å². The number of esters is 1. The molecule has 1 fully saturated rings. The summed E-state index contributed by atoms with van der Waals surface area (Å²) in [6.07, 6.45) is 3.40. The highest BCUT2D eigenvalue weighted by Crippen LogP contribution is 2.37. The number of hydrogen-bond acceptors (Lipinski definition) is 3. The second-order valence-electron chi connectivity index (χ2n) is 9.03. The van der Waals surface area contributed by atoms with Gasteiger partial charge in [-0.1, -0.05) is 111 Å². The van der Waals surface area contributed by atoms with E-state index in [9.17, 15) is 9.59 Å². The first-order valence-electron chi connectivity index (χ1n) is 11.0. The SMILES string of the molecule is CC(C)(C=O)C/C=C1/C(=O)OC[C@@H]1[Si](c1ccccc1)(c1ccccc1)c1ccccc1. The summed E-state index contributed by atoms with van der Waals surface area (Å²) >= 11 is 0. The summed E-state index contributed by atoms with van der Waals surface area (Å²) in [7, 11) is -2.70. The summed E-state index contributed by atoms with van der Waals surface area (Å²) in [6, 6.07) is 31.6. The van der Waals surface area contributed by atoms with Crippen LogP contribution in [-0.2, 0) is 14.3 Å². The van der Waals surface area contributed by atoms with Gasteiger partial charge in [0.15, 0.2) is 8.07 Å². The minimum Gasteiger partial charge on any atom is -0.462 e. The lowest BCUT2D eigenvalue weighted by Crippen LogP contribution is -2.70. The highest BCUT2D eigenvalue weighted by molar-refractivity contribution is 7.13. The molecule has 1 heterocycles. The second kappa shape index (κ2) is 9.09. The Morgan fingerprint density at radius 1 is 0.844 bits per heavy atom. The minimum absolute atomic E-state index is 0.0929. The number of carbonyl (C=O) groups is 2. The zero-order chi connectivity index (χ0) is 22.6. The number of ether oxygens (including phenoxy) is 1. The zero-order valence-electron chi connectivity index (χ0n) is 18.5. The maximum absolute atomic E-state index is 13.0. The third-order valence-electron chi connectivity index (χ3n) is 6.37. The minimum atomic E-state index is -2.70. The smallest absolute Gasteiger partial charge is 0.333 e. The maximum Gasteiger partial charge on any atom is 0.333 e. The summed E-state index contributed by atoms with van der Waals surface area (Å²) in [5.41, 5.74) is 0.0736. The lowest BCUT2D eigenvalue weighted by Gasteiger charge is -2.38. The van der Waals surface area contributed by atoms with E-state index in [2.05, 4.69) is 72.8 Å². The molecule has 0 spiro atoms. The van der Waals surface area contributed by atoms with Gasteiger partial charge >= 0.3 is 5.97 Å². The van der Waals surface area contributed by atoms with Crippen LogP contribution in [0.4, 0.5) is 0 Å². The quantitative estimate of drug-likeness (QED) is 0.185. The molecule has 0 radical (unpaired) electrons. The summed E-state index contributed by atoms with van der Waals surface area (Å²) < 4.78 is 5.69. The van der Waals surface area contributed by atoms with Crippen molar-refractivity contribution in [2.45, 2.75) is 25.8 Å². The van der Waals surface area contributed by atoms with Crippen LogP contribution >= 0.6 is 0 Å². The van der Waals surface area contributed by atoms with Gasteiger partial charge in [0.05, 0.1) is 6.61 Å². The van der Waals surface area contributed by atoms with E-state index in [1.165, 1.54) is 15.6 Å². The van der Waals surface area contributed by atoms with Crippen molar-refractivity contribution in [1.82, 2.24) is 0 Å². The van der Waals surface area contributed by atoms with E-state index in [-0.39, 0.29) is 11.5 Å². The Morgan fingerprint density at radius 3 is 1.69 bits per heavy atom. The van der Waals surface area contributed by atoms with Crippen LogP contribution in [0.25, 0.3) is 0 Å². The Balaban J connectivity index is 2.00. The van der Waals surface area contributed by atoms with Crippen LogP contribution < -0.4 is 15.6 Å². The zero-order valence-corrected chi connectivity index (χ0v) is 19.5. The molecule has 0 unspecified atom stereocenters. The largest absolute Gasteiger partial charge is 0.462 e. The Labute approximate surface area is 190 Å². The highest BCUT2D eigenvalue weighted by Gasteiger charge is 2.52. The topological polar surface area (TPSA) is 43.4 Å². The van der Waals surface area contributed by atoms with Crippen molar-refractivity contribution in [3.8, 4) is 0 Å². The van der Waals surface area contributed by atoms with Gasteiger partial charge in [-0.2, -0.15) is 0 Å². The molecule has 0 aliphatic carbocycles. The fourth-order valence-electron chi connectivity index (χ4n) is 4.69. The molecule has 3 aromatic carbocycles. The van der Waals surface area contributed by atoms with Gasteiger partial charge in [0.2, 0.25) is 0 Å². The average Bonchev–Trinajstić information content (AvgIpc) is 3.21. The molecule has 162 valence electrons.